The van der Waals surface area contributed by atoms with Crippen LogP contribution in [0.25, 0.3) is 0 Å². The summed E-state index contributed by atoms with van der Waals surface area (Å²) in [7, 11) is 0. The van der Waals surface area contributed by atoms with Crippen LogP contribution in [0, 0.1) is 10.1 Å². The number of esters is 1. The zero-order chi connectivity index (χ0) is 22.4. The van der Waals surface area contributed by atoms with Crippen LogP contribution >= 0.6 is 23.2 Å². The summed E-state index contributed by atoms with van der Waals surface area (Å²) >= 11 is 12.2. The third kappa shape index (κ3) is 5.53. The van der Waals surface area contributed by atoms with Gasteiger partial charge in [-0.2, -0.15) is 5.10 Å². The molecule has 0 aliphatic carbocycles. The van der Waals surface area contributed by atoms with Gasteiger partial charge in [0.25, 0.3) is 5.69 Å². The molecule has 2 N–H and O–H groups in total. The molecule has 3 aromatic rings. The molecule has 1 aromatic heterocycles. The Hall–Kier alpha value is -3.56. The highest BCUT2D eigenvalue weighted by Gasteiger charge is 2.25. The molecule has 0 aliphatic heterocycles. The summed E-state index contributed by atoms with van der Waals surface area (Å²) in [6.07, 6.45) is 1.28. The van der Waals surface area contributed by atoms with Crippen LogP contribution in [0.5, 0.6) is 0 Å². The van der Waals surface area contributed by atoms with Crippen molar-refractivity contribution in [1.82, 2.24) is 0 Å². The van der Waals surface area contributed by atoms with Crippen LogP contribution in [0.2, 0.25) is 10.0 Å². The van der Waals surface area contributed by atoms with Gasteiger partial charge in [0.1, 0.15) is 10.6 Å². The van der Waals surface area contributed by atoms with Gasteiger partial charge in [-0.3, -0.25) is 15.5 Å². The Bertz CT molecular complexity index is 1110. The third-order valence-electron chi connectivity index (χ3n) is 3.91. The molecule has 0 spiro atoms. The minimum absolute atomic E-state index is 0.0177. The fraction of sp³-hybridized carbons (Fsp3) is 0.100. The van der Waals surface area contributed by atoms with Crippen LogP contribution in [0.4, 0.5) is 22.9 Å². The molecular formula is C20H16Cl2N4O5. The van der Waals surface area contributed by atoms with E-state index in [4.69, 9.17) is 32.4 Å². The second-order valence-corrected chi connectivity index (χ2v) is 6.83. The number of nitro groups is 1. The summed E-state index contributed by atoms with van der Waals surface area (Å²) in [6, 6.07) is 12.4. The minimum atomic E-state index is -0.657. The summed E-state index contributed by atoms with van der Waals surface area (Å²) in [5.41, 5.74) is 3.81. The summed E-state index contributed by atoms with van der Waals surface area (Å²) in [6.45, 7) is 1.83. The lowest BCUT2D eigenvalue weighted by Gasteiger charge is -2.06. The quantitative estimate of drug-likeness (QED) is 0.186. The summed E-state index contributed by atoms with van der Waals surface area (Å²) in [5, 5.41) is 18.3. The van der Waals surface area contributed by atoms with E-state index in [1.807, 2.05) is 0 Å². The number of halogens is 2. The van der Waals surface area contributed by atoms with Crippen molar-refractivity contribution in [3.8, 4) is 0 Å². The molecule has 0 radical (unpaired) electrons. The number of carbonyl (C=O) groups is 1. The maximum atomic E-state index is 12.4. The number of nitrogens with zero attached hydrogens (tertiary/aromatic N) is 2. The van der Waals surface area contributed by atoms with E-state index in [-0.39, 0.29) is 34.5 Å². The molecule has 1 heterocycles. The van der Waals surface area contributed by atoms with Crippen LogP contribution in [-0.2, 0) is 4.74 Å². The lowest BCUT2D eigenvalue weighted by molar-refractivity contribution is -0.384. The normalized spacial score (nSPS) is 10.8. The van der Waals surface area contributed by atoms with Crippen molar-refractivity contribution < 1.29 is 18.9 Å². The highest BCUT2D eigenvalue weighted by molar-refractivity contribution is 6.36. The van der Waals surface area contributed by atoms with E-state index in [1.54, 1.807) is 31.2 Å². The van der Waals surface area contributed by atoms with Gasteiger partial charge < -0.3 is 14.5 Å². The topological polar surface area (TPSA) is 119 Å². The lowest BCUT2D eigenvalue weighted by Crippen LogP contribution is -2.06. The minimum Gasteiger partial charge on any atom is -0.462 e. The monoisotopic (exact) mass is 462 g/mol. The molecule has 2 aromatic carbocycles. The molecule has 0 amide bonds. The standard InChI is InChI=1S/C20H16Cl2N4O5/c1-2-30-20(27)17-18(22)16(31-19(17)24-13-5-3-12(21)4-6-13)11-23-25-14-7-9-15(10-8-14)26(28)29/h3-11,24-25H,2H2,1H3/b23-11+. The molecule has 0 aliphatic rings. The van der Waals surface area contributed by atoms with Crippen LogP contribution < -0.4 is 10.7 Å². The Morgan fingerprint density at radius 3 is 2.42 bits per heavy atom. The number of carbonyl (C=O) groups excluding carboxylic acids is 1. The van der Waals surface area contributed by atoms with Crippen molar-refractivity contribution in [3.05, 3.63) is 80.0 Å². The summed E-state index contributed by atoms with van der Waals surface area (Å²) < 4.78 is 10.7. The van der Waals surface area contributed by atoms with E-state index in [0.29, 0.717) is 16.4 Å². The lowest BCUT2D eigenvalue weighted by atomic mass is 10.2. The largest absolute Gasteiger partial charge is 0.462 e. The molecule has 3 rings (SSSR count). The molecule has 160 valence electrons. The predicted octanol–water partition coefficient (Wildman–Crippen LogP) is 5.86. The first kappa shape index (κ1) is 22.1. The molecule has 0 bridgehead atoms. The predicted molar refractivity (Wildman–Crippen MR) is 119 cm³/mol. The number of ether oxygens (including phenoxy) is 1. The Kier molecular flexibility index (Phi) is 7.11. The first-order chi connectivity index (χ1) is 14.9. The van der Waals surface area contributed by atoms with Gasteiger partial charge in [0.15, 0.2) is 5.76 Å². The van der Waals surface area contributed by atoms with Gasteiger partial charge >= 0.3 is 5.97 Å². The molecule has 11 heteroatoms. The highest BCUT2D eigenvalue weighted by Crippen LogP contribution is 2.34. The zero-order valence-corrected chi connectivity index (χ0v) is 17.6. The molecular weight excluding hydrogens is 447 g/mol. The zero-order valence-electron chi connectivity index (χ0n) is 16.1. The number of rotatable bonds is 8. The van der Waals surface area contributed by atoms with Crippen molar-refractivity contribution in [2.24, 2.45) is 5.10 Å². The Morgan fingerprint density at radius 1 is 1.16 bits per heavy atom. The number of furan rings is 1. The number of hydrogen-bond donors (Lipinski definition) is 2. The summed E-state index contributed by atoms with van der Waals surface area (Å²) in [4.78, 5) is 22.6. The number of hydrazone groups is 1. The first-order valence-electron chi connectivity index (χ1n) is 8.94. The van der Waals surface area contributed by atoms with Crippen LogP contribution in [0.3, 0.4) is 0 Å². The van der Waals surface area contributed by atoms with Crippen molar-refractivity contribution in [2.75, 3.05) is 17.3 Å². The van der Waals surface area contributed by atoms with Gasteiger partial charge in [0.2, 0.25) is 5.88 Å². The molecule has 0 saturated heterocycles. The highest BCUT2D eigenvalue weighted by atomic mass is 35.5. The van der Waals surface area contributed by atoms with Crippen molar-refractivity contribution in [2.45, 2.75) is 6.92 Å². The van der Waals surface area contributed by atoms with Crippen molar-refractivity contribution in [1.29, 1.82) is 0 Å². The van der Waals surface area contributed by atoms with Gasteiger partial charge in [-0.05, 0) is 43.3 Å². The van der Waals surface area contributed by atoms with Gasteiger partial charge in [-0.25, -0.2) is 4.79 Å². The number of non-ortho nitro benzene ring substituents is 1. The van der Waals surface area contributed by atoms with Crippen LogP contribution in [0.15, 0.2) is 58.0 Å². The van der Waals surface area contributed by atoms with Crippen molar-refractivity contribution in [3.63, 3.8) is 0 Å². The second kappa shape index (κ2) is 9.96. The molecule has 0 unspecified atom stereocenters. The third-order valence-corrected chi connectivity index (χ3v) is 4.54. The van der Waals surface area contributed by atoms with E-state index < -0.39 is 10.9 Å². The van der Waals surface area contributed by atoms with E-state index in [1.165, 1.54) is 30.5 Å². The Morgan fingerprint density at radius 2 is 1.81 bits per heavy atom. The Balaban J connectivity index is 1.83. The maximum absolute atomic E-state index is 12.4. The van der Waals surface area contributed by atoms with Crippen LogP contribution in [0.1, 0.15) is 23.0 Å². The van der Waals surface area contributed by atoms with E-state index >= 15 is 0 Å². The maximum Gasteiger partial charge on any atom is 0.345 e. The van der Waals surface area contributed by atoms with Crippen LogP contribution in [-0.4, -0.2) is 23.7 Å². The smallest absolute Gasteiger partial charge is 0.345 e. The number of nitro benzene ring substituents is 1. The van der Waals surface area contributed by atoms with E-state index in [9.17, 15) is 14.9 Å². The fourth-order valence-corrected chi connectivity index (χ4v) is 2.85. The average molecular weight is 463 g/mol. The van der Waals surface area contributed by atoms with Gasteiger partial charge in [-0.1, -0.05) is 23.2 Å². The number of benzene rings is 2. The van der Waals surface area contributed by atoms with Crippen molar-refractivity contribution >= 4 is 58.3 Å². The SMILES string of the molecule is CCOC(=O)c1c(Nc2ccc(Cl)cc2)oc(/C=N/Nc2ccc([N+](=O)[O-])cc2)c1Cl. The average Bonchev–Trinajstić information content (AvgIpc) is 3.05. The number of nitrogens with one attached hydrogen (secondary N) is 2. The van der Waals surface area contributed by atoms with Gasteiger partial charge in [0, 0.05) is 22.8 Å². The molecule has 0 saturated carbocycles. The first-order valence-corrected chi connectivity index (χ1v) is 9.70. The molecule has 31 heavy (non-hydrogen) atoms. The number of hydrogen-bond acceptors (Lipinski definition) is 8. The Labute approximate surface area is 186 Å². The second-order valence-electron chi connectivity index (χ2n) is 6.01. The summed E-state index contributed by atoms with van der Waals surface area (Å²) in [5.74, 6) is -0.464. The van der Waals surface area contributed by atoms with E-state index in [0.717, 1.165) is 0 Å². The molecule has 0 atom stereocenters. The number of anilines is 3. The molecule has 9 nitrogen and oxygen atoms in total. The van der Waals surface area contributed by atoms with Gasteiger partial charge in [-0.15, -0.1) is 0 Å². The van der Waals surface area contributed by atoms with E-state index in [2.05, 4.69) is 15.8 Å². The van der Waals surface area contributed by atoms with Gasteiger partial charge in [0.05, 0.1) is 23.4 Å². The fourth-order valence-electron chi connectivity index (χ4n) is 2.47. The molecule has 0 fully saturated rings.